The van der Waals surface area contributed by atoms with E-state index in [9.17, 15) is 4.79 Å². The number of nitrogens with one attached hydrogen (secondary N) is 2. The quantitative estimate of drug-likeness (QED) is 0.676. The molecule has 0 aromatic rings. The van der Waals surface area contributed by atoms with Crippen molar-refractivity contribution in [2.75, 3.05) is 13.1 Å². The zero-order valence-electron chi connectivity index (χ0n) is 10.5. The van der Waals surface area contributed by atoms with Gasteiger partial charge in [0.1, 0.15) is 0 Å². The lowest BCUT2D eigenvalue weighted by molar-refractivity contribution is -0.120. The van der Waals surface area contributed by atoms with Gasteiger partial charge in [-0.15, -0.1) is 0 Å². The third-order valence-electron chi connectivity index (χ3n) is 2.86. The van der Waals surface area contributed by atoms with Crippen molar-refractivity contribution in [3.8, 4) is 0 Å². The number of allylic oxidation sites excluding steroid dienone is 1. The second-order valence-corrected chi connectivity index (χ2v) is 4.89. The number of rotatable bonds is 6. The van der Waals surface area contributed by atoms with Crippen molar-refractivity contribution in [3.05, 3.63) is 12.2 Å². The van der Waals surface area contributed by atoms with Gasteiger partial charge < -0.3 is 10.6 Å². The van der Waals surface area contributed by atoms with Crippen LogP contribution in [0.4, 0.5) is 0 Å². The van der Waals surface area contributed by atoms with E-state index < -0.39 is 0 Å². The van der Waals surface area contributed by atoms with Crippen LogP contribution < -0.4 is 10.6 Å². The Morgan fingerprint density at radius 3 is 2.88 bits per heavy atom. The van der Waals surface area contributed by atoms with Crippen LogP contribution in [0.1, 0.15) is 39.5 Å². The molecule has 3 nitrogen and oxygen atoms in total. The first kappa shape index (κ1) is 13.2. The molecule has 1 unspecified atom stereocenters. The Morgan fingerprint density at radius 1 is 1.44 bits per heavy atom. The second kappa shape index (κ2) is 7.44. The number of carbonyl (C=O) groups is 1. The first-order chi connectivity index (χ1) is 7.68. The van der Waals surface area contributed by atoms with E-state index in [2.05, 4.69) is 36.6 Å². The van der Waals surface area contributed by atoms with Gasteiger partial charge in [0.15, 0.2) is 0 Å². The second-order valence-electron chi connectivity index (χ2n) is 4.89. The Labute approximate surface area is 98.7 Å². The third kappa shape index (κ3) is 5.91. The van der Waals surface area contributed by atoms with E-state index in [-0.39, 0.29) is 5.91 Å². The highest BCUT2D eigenvalue weighted by Crippen LogP contribution is 2.09. The molecule has 0 heterocycles. The standard InChI is InChI=1S/C13H24N2O/c1-11(2)8-9-14-13(16)10-15-12-6-4-3-5-7-12/h3-4,11-12,15H,5-10H2,1-2H3,(H,14,16). The molecule has 1 rings (SSSR count). The number of hydrogen-bond acceptors (Lipinski definition) is 2. The molecule has 0 aromatic carbocycles. The Morgan fingerprint density at radius 2 is 2.25 bits per heavy atom. The highest BCUT2D eigenvalue weighted by Gasteiger charge is 2.10. The van der Waals surface area contributed by atoms with E-state index in [0.29, 0.717) is 18.5 Å². The average molecular weight is 224 g/mol. The minimum atomic E-state index is 0.121. The maximum absolute atomic E-state index is 11.5. The fourth-order valence-electron chi connectivity index (χ4n) is 1.78. The molecule has 0 radical (unpaired) electrons. The lowest BCUT2D eigenvalue weighted by Crippen LogP contribution is -2.39. The van der Waals surface area contributed by atoms with Crippen LogP contribution in [0.15, 0.2) is 12.2 Å². The van der Waals surface area contributed by atoms with E-state index in [0.717, 1.165) is 32.2 Å². The average Bonchev–Trinajstić information content (AvgIpc) is 2.27. The van der Waals surface area contributed by atoms with Gasteiger partial charge in [-0.1, -0.05) is 26.0 Å². The summed E-state index contributed by atoms with van der Waals surface area (Å²) in [5.74, 6) is 0.770. The van der Waals surface area contributed by atoms with Gasteiger partial charge in [-0.25, -0.2) is 0 Å². The zero-order chi connectivity index (χ0) is 11.8. The van der Waals surface area contributed by atoms with Crippen molar-refractivity contribution in [2.45, 2.75) is 45.6 Å². The Bertz CT molecular complexity index is 236. The molecule has 16 heavy (non-hydrogen) atoms. The van der Waals surface area contributed by atoms with Crippen LogP contribution in [-0.2, 0) is 4.79 Å². The monoisotopic (exact) mass is 224 g/mol. The molecule has 1 atom stereocenters. The maximum Gasteiger partial charge on any atom is 0.233 e. The molecule has 0 fully saturated rings. The van der Waals surface area contributed by atoms with Crippen LogP contribution in [0, 0.1) is 5.92 Å². The van der Waals surface area contributed by atoms with Crippen LogP contribution in [-0.4, -0.2) is 25.0 Å². The van der Waals surface area contributed by atoms with Crippen molar-refractivity contribution in [3.63, 3.8) is 0 Å². The molecular formula is C13H24N2O. The molecule has 3 heteroatoms. The molecule has 1 aliphatic carbocycles. The van der Waals surface area contributed by atoms with Crippen LogP contribution in [0.3, 0.4) is 0 Å². The minimum Gasteiger partial charge on any atom is -0.355 e. The van der Waals surface area contributed by atoms with Gasteiger partial charge >= 0.3 is 0 Å². The topological polar surface area (TPSA) is 41.1 Å². The number of amides is 1. The van der Waals surface area contributed by atoms with Crippen LogP contribution in [0.5, 0.6) is 0 Å². The van der Waals surface area contributed by atoms with Gasteiger partial charge in [0.2, 0.25) is 5.91 Å². The van der Waals surface area contributed by atoms with Gasteiger partial charge in [0, 0.05) is 12.6 Å². The van der Waals surface area contributed by atoms with Gasteiger partial charge in [0.05, 0.1) is 6.54 Å². The lowest BCUT2D eigenvalue weighted by Gasteiger charge is -2.19. The molecular weight excluding hydrogens is 200 g/mol. The molecule has 92 valence electrons. The first-order valence-electron chi connectivity index (χ1n) is 6.33. The summed E-state index contributed by atoms with van der Waals surface area (Å²) in [5, 5.41) is 6.23. The van der Waals surface area contributed by atoms with E-state index in [4.69, 9.17) is 0 Å². The number of carbonyl (C=O) groups excluding carboxylic acids is 1. The van der Waals surface area contributed by atoms with Crippen LogP contribution in [0.25, 0.3) is 0 Å². The van der Waals surface area contributed by atoms with Crippen LogP contribution in [0.2, 0.25) is 0 Å². The zero-order valence-corrected chi connectivity index (χ0v) is 10.5. The van der Waals surface area contributed by atoms with E-state index in [1.54, 1.807) is 0 Å². The summed E-state index contributed by atoms with van der Waals surface area (Å²) in [6.07, 6.45) is 8.79. The van der Waals surface area contributed by atoms with Crippen molar-refractivity contribution < 1.29 is 4.79 Å². The van der Waals surface area contributed by atoms with E-state index >= 15 is 0 Å². The Kier molecular flexibility index (Phi) is 6.16. The van der Waals surface area contributed by atoms with Crippen molar-refractivity contribution >= 4 is 5.91 Å². The molecule has 0 saturated heterocycles. The molecule has 1 amide bonds. The van der Waals surface area contributed by atoms with Crippen molar-refractivity contribution in [2.24, 2.45) is 5.92 Å². The van der Waals surface area contributed by atoms with Gasteiger partial charge in [-0.2, -0.15) is 0 Å². The Hall–Kier alpha value is -0.830. The molecule has 0 aromatic heterocycles. The molecule has 2 N–H and O–H groups in total. The molecule has 1 aliphatic rings. The van der Waals surface area contributed by atoms with Gasteiger partial charge in [-0.05, 0) is 31.6 Å². The van der Waals surface area contributed by atoms with Gasteiger partial charge in [0.25, 0.3) is 0 Å². The summed E-state index contributed by atoms with van der Waals surface area (Å²) in [7, 11) is 0. The summed E-state index contributed by atoms with van der Waals surface area (Å²) >= 11 is 0. The highest BCUT2D eigenvalue weighted by molar-refractivity contribution is 5.77. The maximum atomic E-state index is 11.5. The minimum absolute atomic E-state index is 0.121. The smallest absolute Gasteiger partial charge is 0.233 e. The normalized spacial score (nSPS) is 20.1. The predicted octanol–water partition coefficient (Wildman–Crippen LogP) is 1.85. The fraction of sp³-hybridized carbons (Fsp3) is 0.769. The summed E-state index contributed by atoms with van der Waals surface area (Å²) in [6, 6.07) is 0.487. The van der Waals surface area contributed by atoms with E-state index in [1.807, 2.05) is 0 Å². The molecule has 0 spiro atoms. The lowest BCUT2D eigenvalue weighted by atomic mass is 10.0. The van der Waals surface area contributed by atoms with Crippen LogP contribution >= 0.6 is 0 Å². The van der Waals surface area contributed by atoms with E-state index in [1.165, 1.54) is 0 Å². The largest absolute Gasteiger partial charge is 0.355 e. The highest BCUT2D eigenvalue weighted by atomic mass is 16.1. The summed E-state index contributed by atoms with van der Waals surface area (Å²) in [5.41, 5.74) is 0. The van der Waals surface area contributed by atoms with Gasteiger partial charge in [-0.3, -0.25) is 4.79 Å². The summed E-state index contributed by atoms with van der Waals surface area (Å²) in [4.78, 5) is 11.5. The SMILES string of the molecule is CC(C)CCNC(=O)CNC1CC=CCC1. The molecule has 0 saturated carbocycles. The van der Waals surface area contributed by atoms with Crippen molar-refractivity contribution in [1.82, 2.24) is 10.6 Å². The summed E-state index contributed by atoms with van der Waals surface area (Å²) < 4.78 is 0. The first-order valence-corrected chi connectivity index (χ1v) is 6.33. The molecule has 0 bridgehead atoms. The summed E-state index contributed by atoms with van der Waals surface area (Å²) in [6.45, 7) is 5.58. The Balaban J connectivity index is 2.03. The predicted molar refractivity (Wildman–Crippen MR) is 67.2 cm³/mol. The third-order valence-corrected chi connectivity index (χ3v) is 2.86. The molecule has 0 aliphatic heterocycles. The fourth-order valence-corrected chi connectivity index (χ4v) is 1.78. The number of hydrogen-bond donors (Lipinski definition) is 2. The van der Waals surface area contributed by atoms with Crippen molar-refractivity contribution in [1.29, 1.82) is 0 Å².